The molecule has 0 atom stereocenters. The summed E-state index contributed by atoms with van der Waals surface area (Å²) in [7, 11) is 0. The van der Waals surface area contributed by atoms with Crippen molar-refractivity contribution in [2.24, 2.45) is 0 Å². The molecule has 0 aromatic heterocycles. The van der Waals surface area contributed by atoms with Gasteiger partial charge in [0.2, 0.25) is 0 Å². The van der Waals surface area contributed by atoms with Crippen LogP contribution in [0.1, 0.15) is 10.4 Å². The van der Waals surface area contributed by atoms with E-state index >= 15 is 0 Å². The molecule has 0 amide bonds. The van der Waals surface area contributed by atoms with Crippen LogP contribution in [-0.4, -0.2) is 11.4 Å². The maximum Gasteiger partial charge on any atom is 0.150 e. The van der Waals surface area contributed by atoms with Crippen LogP contribution >= 0.6 is 0 Å². The van der Waals surface area contributed by atoms with E-state index in [1.165, 1.54) is 0 Å². The van der Waals surface area contributed by atoms with E-state index in [1.54, 1.807) is 24.3 Å². The van der Waals surface area contributed by atoms with Gasteiger partial charge in [-0.15, -0.1) is 0 Å². The minimum absolute atomic E-state index is 0.230. The van der Waals surface area contributed by atoms with Crippen molar-refractivity contribution in [2.45, 2.75) is 0 Å². The van der Waals surface area contributed by atoms with Gasteiger partial charge in [0.05, 0.1) is 0 Å². The Bertz CT molecular complexity index is 750. The summed E-state index contributed by atoms with van der Waals surface area (Å²) in [5, 5.41) is 9.49. The lowest BCUT2D eigenvalue weighted by Gasteiger charge is -2.25. The number of aromatic hydroxyl groups is 1. The highest BCUT2D eigenvalue weighted by molar-refractivity contribution is 5.80. The first-order chi connectivity index (χ1) is 10.8. The van der Waals surface area contributed by atoms with Gasteiger partial charge >= 0.3 is 0 Å². The fourth-order valence-electron chi connectivity index (χ4n) is 2.33. The van der Waals surface area contributed by atoms with E-state index in [0.29, 0.717) is 5.56 Å². The summed E-state index contributed by atoms with van der Waals surface area (Å²) in [5.74, 6) is 0.230. The van der Waals surface area contributed by atoms with Crippen molar-refractivity contribution < 1.29 is 9.90 Å². The highest BCUT2D eigenvalue weighted by Crippen LogP contribution is 2.34. The number of phenols is 1. The Hall–Kier alpha value is -3.07. The largest absolute Gasteiger partial charge is 0.508 e. The third-order valence-electron chi connectivity index (χ3n) is 3.41. The normalized spacial score (nSPS) is 10.2. The van der Waals surface area contributed by atoms with Crippen molar-refractivity contribution >= 4 is 23.3 Å². The van der Waals surface area contributed by atoms with Crippen LogP contribution in [0.25, 0.3) is 0 Å². The molecule has 3 aromatic carbocycles. The minimum atomic E-state index is 0.230. The van der Waals surface area contributed by atoms with E-state index in [2.05, 4.69) is 4.90 Å². The van der Waals surface area contributed by atoms with Crippen molar-refractivity contribution in [1.82, 2.24) is 0 Å². The lowest BCUT2D eigenvalue weighted by Crippen LogP contribution is -2.09. The lowest BCUT2D eigenvalue weighted by molar-refractivity contribution is 0.112. The van der Waals surface area contributed by atoms with Gasteiger partial charge in [0.15, 0.2) is 0 Å². The van der Waals surface area contributed by atoms with E-state index in [-0.39, 0.29) is 5.75 Å². The summed E-state index contributed by atoms with van der Waals surface area (Å²) in [6.45, 7) is 0. The van der Waals surface area contributed by atoms with Crippen molar-refractivity contribution in [1.29, 1.82) is 0 Å². The second kappa shape index (κ2) is 6.14. The number of nitrogens with zero attached hydrogens (tertiary/aromatic N) is 1. The molecule has 0 bridgehead atoms. The first-order valence-corrected chi connectivity index (χ1v) is 6.97. The van der Waals surface area contributed by atoms with Crippen molar-refractivity contribution in [2.75, 3.05) is 4.90 Å². The Labute approximate surface area is 129 Å². The third-order valence-corrected chi connectivity index (χ3v) is 3.41. The Morgan fingerprint density at radius 2 is 1.18 bits per heavy atom. The molecule has 22 heavy (non-hydrogen) atoms. The number of hydrogen-bond donors (Lipinski definition) is 1. The summed E-state index contributed by atoms with van der Waals surface area (Å²) in [5.41, 5.74) is 3.53. The number of anilines is 3. The molecule has 0 aliphatic heterocycles. The standard InChI is InChI=1S/C19H15NO2/c21-14-15-6-8-17(9-7-15)20(16-4-2-1-3-5-16)18-10-12-19(22)13-11-18/h1-14,22H. The van der Waals surface area contributed by atoms with Gasteiger partial charge in [0.25, 0.3) is 0 Å². The molecule has 3 heteroatoms. The zero-order chi connectivity index (χ0) is 15.4. The molecule has 1 N–H and O–H groups in total. The van der Waals surface area contributed by atoms with Crippen LogP contribution in [-0.2, 0) is 0 Å². The number of hydrogen-bond acceptors (Lipinski definition) is 3. The summed E-state index contributed by atoms with van der Waals surface area (Å²) in [4.78, 5) is 12.9. The summed E-state index contributed by atoms with van der Waals surface area (Å²) < 4.78 is 0. The summed E-state index contributed by atoms with van der Waals surface area (Å²) in [6, 6.07) is 24.4. The molecule has 0 saturated carbocycles. The quantitative estimate of drug-likeness (QED) is 0.709. The van der Waals surface area contributed by atoms with Gasteiger partial charge in [-0.3, -0.25) is 4.79 Å². The summed E-state index contributed by atoms with van der Waals surface area (Å²) in [6.07, 6.45) is 0.831. The van der Waals surface area contributed by atoms with Gasteiger partial charge in [0.1, 0.15) is 12.0 Å². The second-order valence-corrected chi connectivity index (χ2v) is 4.90. The first kappa shape index (κ1) is 13.9. The Balaban J connectivity index is 2.09. The van der Waals surface area contributed by atoms with E-state index in [0.717, 1.165) is 23.3 Å². The zero-order valence-corrected chi connectivity index (χ0v) is 11.9. The highest BCUT2D eigenvalue weighted by Gasteiger charge is 2.11. The Kier molecular flexibility index (Phi) is 3.88. The minimum Gasteiger partial charge on any atom is -0.508 e. The molecule has 0 aliphatic rings. The van der Waals surface area contributed by atoms with E-state index in [4.69, 9.17) is 0 Å². The number of benzene rings is 3. The summed E-state index contributed by atoms with van der Waals surface area (Å²) >= 11 is 0. The van der Waals surface area contributed by atoms with Gasteiger partial charge in [-0.25, -0.2) is 0 Å². The average Bonchev–Trinajstić information content (AvgIpc) is 2.58. The fraction of sp³-hybridized carbons (Fsp3) is 0. The SMILES string of the molecule is O=Cc1ccc(N(c2ccccc2)c2ccc(O)cc2)cc1. The van der Waals surface area contributed by atoms with Crippen LogP contribution in [0.4, 0.5) is 17.1 Å². The van der Waals surface area contributed by atoms with Gasteiger partial charge in [0, 0.05) is 22.6 Å². The zero-order valence-electron chi connectivity index (χ0n) is 11.9. The maximum absolute atomic E-state index is 10.8. The smallest absolute Gasteiger partial charge is 0.150 e. The molecule has 0 unspecified atom stereocenters. The van der Waals surface area contributed by atoms with Crippen LogP contribution < -0.4 is 4.90 Å². The second-order valence-electron chi connectivity index (χ2n) is 4.90. The molecule has 0 aliphatic carbocycles. The molecule has 0 heterocycles. The average molecular weight is 289 g/mol. The predicted octanol–water partition coefficient (Wildman–Crippen LogP) is 4.67. The van der Waals surface area contributed by atoms with Crippen molar-refractivity contribution in [3.63, 3.8) is 0 Å². The molecule has 0 radical (unpaired) electrons. The molecular formula is C19H15NO2. The molecule has 0 fully saturated rings. The molecule has 108 valence electrons. The number of carbonyl (C=O) groups excluding carboxylic acids is 1. The van der Waals surface area contributed by atoms with Gasteiger partial charge in [-0.1, -0.05) is 18.2 Å². The molecule has 3 nitrogen and oxygen atoms in total. The van der Waals surface area contributed by atoms with Gasteiger partial charge in [-0.05, 0) is 60.7 Å². The van der Waals surface area contributed by atoms with E-state index < -0.39 is 0 Å². The molecule has 0 spiro atoms. The van der Waals surface area contributed by atoms with Crippen LogP contribution in [0.5, 0.6) is 5.75 Å². The van der Waals surface area contributed by atoms with Crippen LogP contribution in [0.3, 0.4) is 0 Å². The Morgan fingerprint density at radius 3 is 1.73 bits per heavy atom. The molecule has 3 rings (SSSR count). The maximum atomic E-state index is 10.8. The first-order valence-electron chi connectivity index (χ1n) is 6.97. The number of phenolic OH excluding ortho intramolecular Hbond substituents is 1. The molecule has 0 saturated heterocycles. The van der Waals surface area contributed by atoms with Crippen molar-refractivity contribution in [3.8, 4) is 5.75 Å². The monoisotopic (exact) mass is 289 g/mol. The predicted molar refractivity (Wildman–Crippen MR) is 88.2 cm³/mol. The third kappa shape index (κ3) is 2.83. The van der Waals surface area contributed by atoms with E-state index in [9.17, 15) is 9.90 Å². The topological polar surface area (TPSA) is 40.5 Å². The van der Waals surface area contributed by atoms with E-state index in [1.807, 2.05) is 54.6 Å². The number of carbonyl (C=O) groups is 1. The van der Waals surface area contributed by atoms with Gasteiger partial charge < -0.3 is 10.0 Å². The number of para-hydroxylation sites is 1. The van der Waals surface area contributed by atoms with Crippen LogP contribution in [0.15, 0.2) is 78.9 Å². The van der Waals surface area contributed by atoms with Gasteiger partial charge in [-0.2, -0.15) is 0 Å². The fourth-order valence-corrected chi connectivity index (χ4v) is 2.33. The lowest BCUT2D eigenvalue weighted by atomic mass is 10.1. The highest BCUT2D eigenvalue weighted by atomic mass is 16.3. The van der Waals surface area contributed by atoms with Crippen molar-refractivity contribution in [3.05, 3.63) is 84.4 Å². The van der Waals surface area contributed by atoms with Crippen LogP contribution in [0, 0.1) is 0 Å². The number of aldehydes is 1. The Morgan fingerprint density at radius 1 is 0.682 bits per heavy atom. The molecular weight excluding hydrogens is 274 g/mol. The van der Waals surface area contributed by atoms with Crippen LogP contribution in [0.2, 0.25) is 0 Å². The number of rotatable bonds is 4. The molecule has 3 aromatic rings.